The second kappa shape index (κ2) is 6.68. The number of benzene rings is 2. The summed E-state index contributed by atoms with van der Waals surface area (Å²) in [5, 5.41) is 13.9. The standard InChI is InChI=1S/C29H30N2O4/c1-33-20-6-7-21-18(12-20)11-19-14-29(32)23-13-17-5-8-22(34-2)26-24(17)28(29,27(35-26)25(19)30-21)9-10-31(23)15-16-3-4-16/h5-8,11-12,16,23,27,32H,3-4,9-10,13-15H2,1-2H3/t23-,27+,28+,29-/m1/s1. The predicted octanol–water partition coefficient (Wildman–Crippen LogP) is 3.95. The number of aliphatic hydroxyl groups is 1. The SMILES string of the molecule is COc1ccc2nc3c(cc2c1)C[C@@]1(O)[C@H]2Cc4ccc(OC)c5c4[C@@]1(CCN2CC1CC1)[C@H]3O5. The average Bonchev–Trinajstić information content (AvgIpc) is 3.61. The quantitative estimate of drug-likeness (QED) is 0.623. The molecule has 1 saturated heterocycles. The van der Waals surface area contributed by atoms with Crippen molar-refractivity contribution < 1.29 is 19.3 Å². The van der Waals surface area contributed by atoms with Crippen LogP contribution in [0, 0.1) is 5.92 Å². The minimum absolute atomic E-state index is 0.0731. The summed E-state index contributed by atoms with van der Waals surface area (Å²) in [6.45, 7) is 2.08. The largest absolute Gasteiger partial charge is 0.497 e. The van der Waals surface area contributed by atoms with E-state index in [1.54, 1.807) is 14.2 Å². The number of ether oxygens (including phenoxy) is 3. The Bertz CT molecular complexity index is 1400. The van der Waals surface area contributed by atoms with Gasteiger partial charge in [-0.1, -0.05) is 6.07 Å². The van der Waals surface area contributed by atoms with Crippen LogP contribution in [0.5, 0.6) is 17.2 Å². The lowest BCUT2D eigenvalue weighted by molar-refractivity contribution is -0.173. The Kier molecular flexibility index (Phi) is 3.89. The molecule has 1 saturated carbocycles. The highest BCUT2D eigenvalue weighted by molar-refractivity contribution is 5.82. The third kappa shape index (κ3) is 2.44. The average molecular weight is 471 g/mol. The van der Waals surface area contributed by atoms with Crippen LogP contribution in [0.3, 0.4) is 0 Å². The zero-order valence-corrected chi connectivity index (χ0v) is 20.2. The van der Waals surface area contributed by atoms with Gasteiger partial charge in [0.05, 0.1) is 36.4 Å². The minimum atomic E-state index is -0.920. The number of aromatic nitrogens is 1. The molecule has 180 valence electrons. The number of pyridine rings is 1. The summed E-state index contributed by atoms with van der Waals surface area (Å²) >= 11 is 0. The molecular weight excluding hydrogens is 440 g/mol. The zero-order chi connectivity index (χ0) is 23.5. The van der Waals surface area contributed by atoms with E-state index in [1.807, 2.05) is 24.3 Å². The lowest BCUT2D eigenvalue weighted by Crippen LogP contribution is -2.74. The fourth-order valence-electron chi connectivity index (χ4n) is 7.80. The zero-order valence-electron chi connectivity index (χ0n) is 20.2. The van der Waals surface area contributed by atoms with Gasteiger partial charge in [0, 0.05) is 30.0 Å². The molecule has 0 unspecified atom stereocenters. The Morgan fingerprint density at radius 2 is 2.00 bits per heavy atom. The van der Waals surface area contributed by atoms with Gasteiger partial charge in [-0.15, -0.1) is 0 Å². The maximum absolute atomic E-state index is 12.9. The summed E-state index contributed by atoms with van der Waals surface area (Å²) in [5.74, 6) is 3.16. The molecule has 1 aromatic heterocycles. The number of fused-ring (bicyclic) bond motifs is 3. The van der Waals surface area contributed by atoms with Crippen LogP contribution in [0.15, 0.2) is 36.4 Å². The summed E-state index contributed by atoms with van der Waals surface area (Å²) in [6, 6.07) is 12.5. The van der Waals surface area contributed by atoms with Gasteiger partial charge in [0.1, 0.15) is 5.75 Å². The maximum Gasteiger partial charge on any atom is 0.166 e. The van der Waals surface area contributed by atoms with Crippen molar-refractivity contribution in [2.24, 2.45) is 5.92 Å². The molecule has 2 aliphatic heterocycles. The van der Waals surface area contributed by atoms with Crippen LogP contribution in [-0.4, -0.2) is 53.9 Å². The Labute approximate surface area is 204 Å². The molecule has 3 aliphatic carbocycles. The summed E-state index contributed by atoms with van der Waals surface area (Å²) < 4.78 is 18.1. The predicted molar refractivity (Wildman–Crippen MR) is 131 cm³/mol. The van der Waals surface area contributed by atoms with Crippen molar-refractivity contribution in [1.82, 2.24) is 9.88 Å². The normalized spacial score (nSPS) is 32.1. The lowest BCUT2D eigenvalue weighted by atomic mass is 9.49. The van der Waals surface area contributed by atoms with E-state index >= 15 is 0 Å². The molecule has 35 heavy (non-hydrogen) atoms. The first-order chi connectivity index (χ1) is 17.1. The van der Waals surface area contributed by atoms with Crippen LogP contribution < -0.4 is 14.2 Å². The number of piperidine rings is 1. The highest BCUT2D eigenvalue weighted by Gasteiger charge is 2.72. The van der Waals surface area contributed by atoms with E-state index in [1.165, 1.54) is 24.0 Å². The molecule has 2 fully saturated rings. The summed E-state index contributed by atoms with van der Waals surface area (Å²) in [4.78, 5) is 7.76. The fourth-order valence-corrected chi connectivity index (χ4v) is 7.80. The molecule has 3 aromatic rings. The second-order valence-electron chi connectivity index (χ2n) is 11.2. The minimum Gasteiger partial charge on any atom is -0.497 e. The Morgan fingerprint density at radius 1 is 1.11 bits per heavy atom. The van der Waals surface area contributed by atoms with Crippen molar-refractivity contribution in [3.63, 3.8) is 0 Å². The van der Waals surface area contributed by atoms with E-state index in [0.717, 1.165) is 71.3 Å². The van der Waals surface area contributed by atoms with Crippen molar-refractivity contribution >= 4 is 10.9 Å². The van der Waals surface area contributed by atoms with E-state index in [9.17, 15) is 5.11 Å². The molecule has 4 atom stereocenters. The summed E-state index contributed by atoms with van der Waals surface area (Å²) in [6.07, 6.45) is 4.61. The molecule has 8 rings (SSSR count). The maximum atomic E-state index is 12.9. The first kappa shape index (κ1) is 20.4. The van der Waals surface area contributed by atoms with Crippen LogP contribution in [0.25, 0.3) is 10.9 Å². The molecule has 6 nitrogen and oxygen atoms in total. The summed E-state index contributed by atoms with van der Waals surface area (Å²) in [5.41, 5.74) is 4.03. The molecule has 3 heterocycles. The third-order valence-electron chi connectivity index (χ3n) is 9.56. The second-order valence-corrected chi connectivity index (χ2v) is 11.2. The number of hydrogen-bond donors (Lipinski definition) is 1. The molecular formula is C29H30N2O4. The summed E-state index contributed by atoms with van der Waals surface area (Å²) in [7, 11) is 3.39. The first-order valence-electron chi connectivity index (χ1n) is 12.9. The third-order valence-corrected chi connectivity index (χ3v) is 9.56. The van der Waals surface area contributed by atoms with Crippen LogP contribution >= 0.6 is 0 Å². The number of hydrogen-bond acceptors (Lipinski definition) is 6. The van der Waals surface area contributed by atoms with Crippen molar-refractivity contribution in [2.45, 2.75) is 55.3 Å². The van der Waals surface area contributed by atoms with Gasteiger partial charge < -0.3 is 19.3 Å². The highest BCUT2D eigenvalue weighted by Crippen LogP contribution is 2.68. The number of nitrogens with zero attached hydrogens (tertiary/aromatic N) is 2. The van der Waals surface area contributed by atoms with Gasteiger partial charge >= 0.3 is 0 Å². The van der Waals surface area contributed by atoms with E-state index in [4.69, 9.17) is 19.2 Å². The number of likely N-dealkylation sites (tertiary alicyclic amines) is 1. The van der Waals surface area contributed by atoms with Crippen molar-refractivity contribution in [3.05, 3.63) is 58.8 Å². The van der Waals surface area contributed by atoms with E-state index in [2.05, 4.69) is 17.0 Å². The lowest BCUT2D eigenvalue weighted by Gasteiger charge is -2.63. The van der Waals surface area contributed by atoms with Gasteiger partial charge in [-0.2, -0.15) is 0 Å². The van der Waals surface area contributed by atoms with E-state index in [-0.39, 0.29) is 12.1 Å². The van der Waals surface area contributed by atoms with Gasteiger partial charge in [-0.25, -0.2) is 4.98 Å². The fraction of sp³-hybridized carbons (Fsp3) is 0.483. The monoisotopic (exact) mass is 470 g/mol. The van der Waals surface area contributed by atoms with Crippen molar-refractivity contribution in [2.75, 3.05) is 27.3 Å². The molecule has 6 heteroatoms. The first-order valence-corrected chi connectivity index (χ1v) is 12.9. The van der Waals surface area contributed by atoms with Gasteiger partial charge in [0.2, 0.25) is 0 Å². The van der Waals surface area contributed by atoms with Gasteiger partial charge in [-0.3, -0.25) is 4.90 Å². The topological polar surface area (TPSA) is 64.0 Å². The number of rotatable bonds is 4. The molecule has 1 spiro atoms. The molecule has 0 radical (unpaired) electrons. The van der Waals surface area contributed by atoms with Gasteiger partial charge in [0.15, 0.2) is 17.6 Å². The molecule has 1 N–H and O–H groups in total. The van der Waals surface area contributed by atoms with Crippen molar-refractivity contribution in [1.29, 1.82) is 0 Å². The number of methoxy groups -OCH3 is 2. The Morgan fingerprint density at radius 3 is 2.80 bits per heavy atom. The van der Waals surface area contributed by atoms with Crippen LogP contribution in [0.4, 0.5) is 0 Å². The van der Waals surface area contributed by atoms with E-state index in [0.29, 0.717) is 6.42 Å². The molecule has 0 amide bonds. The van der Waals surface area contributed by atoms with Gasteiger partial charge in [0.25, 0.3) is 0 Å². The Hall–Kier alpha value is -2.83. The Balaban J connectivity index is 1.38. The van der Waals surface area contributed by atoms with Crippen LogP contribution in [0.2, 0.25) is 0 Å². The highest BCUT2D eigenvalue weighted by atomic mass is 16.5. The molecule has 2 bridgehead atoms. The van der Waals surface area contributed by atoms with E-state index < -0.39 is 11.0 Å². The van der Waals surface area contributed by atoms with Crippen LogP contribution in [-0.2, 0) is 18.3 Å². The van der Waals surface area contributed by atoms with Gasteiger partial charge in [-0.05, 0) is 79.6 Å². The molecule has 2 aromatic carbocycles. The smallest absolute Gasteiger partial charge is 0.166 e. The van der Waals surface area contributed by atoms with Crippen LogP contribution in [0.1, 0.15) is 47.8 Å². The van der Waals surface area contributed by atoms with Crippen molar-refractivity contribution in [3.8, 4) is 17.2 Å². The molecule has 5 aliphatic rings.